The fraction of sp³-hybridized carbons (Fsp3) is 0.333. The van der Waals surface area contributed by atoms with Gasteiger partial charge in [-0.1, -0.05) is 23.5 Å². The van der Waals surface area contributed by atoms with Crippen LogP contribution in [0, 0.1) is 10.1 Å². The van der Waals surface area contributed by atoms with Gasteiger partial charge in [-0.05, 0) is 44.5 Å². The number of thiophene rings is 1. The number of carbonyl (C=O) groups excluding carboxylic acids is 2. The van der Waals surface area contributed by atoms with Crippen molar-refractivity contribution in [1.29, 1.82) is 0 Å². The fourth-order valence-electron chi connectivity index (χ4n) is 2.17. The summed E-state index contributed by atoms with van der Waals surface area (Å²) in [7, 11) is 1.63. The van der Waals surface area contributed by atoms with Crippen molar-refractivity contribution in [3.8, 4) is 0 Å². The fourth-order valence-corrected chi connectivity index (χ4v) is 2.88. The molecule has 2 amide bonds. The summed E-state index contributed by atoms with van der Waals surface area (Å²) in [4.78, 5) is 36.2. The van der Waals surface area contributed by atoms with E-state index in [1.54, 1.807) is 46.0 Å². The van der Waals surface area contributed by atoms with Crippen LogP contribution in [0.3, 0.4) is 0 Å². The Morgan fingerprint density at radius 3 is 2.56 bits per heavy atom. The second-order valence-electron chi connectivity index (χ2n) is 6.89. The maximum atomic E-state index is 12.2. The average molecular weight is 391 g/mol. The molecule has 0 saturated heterocycles. The van der Waals surface area contributed by atoms with E-state index in [4.69, 9.17) is 4.74 Å². The summed E-state index contributed by atoms with van der Waals surface area (Å²) in [6.45, 7) is 5.69. The first kappa shape index (κ1) is 20.4. The van der Waals surface area contributed by atoms with Gasteiger partial charge in [-0.15, -0.1) is 0 Å². The van der Waals surface area contributed by atoms with Crippen LogP contribution in [0.1, 0.15) is 36.0 Å². The molecular weight excluding hydrogens is 370 g/mol. The molecule has 0 aliphatic heterocycles. The van der Waals surface area contributed by atoms with Crippen molar-refractivity contribution in [2.75, 3.05) is 12.4 Å². The van der Waals surface area contributed by atoms with Crippen molar-refractivity contribution < 1.29 is 19.2 Å². The molecule has 27 heavy (non-hydrogen) atoms. The standard InChI is InChI=1S/C18H21N3O5S/c1-18(2,3)26-17(23)20(4)11-12-6-5-7-13(10-12)19-16(22)14-8-9-15(27-14)21(24)25/h5-10H,11H2,1-4H3,(H,19,22). The summed E-state index contributed by atoms with van der Waals surface area (Å²) < 4.78 is 5.31. The quantitative estimate of drug-likeness (QED) is 0.605. The lowest BCUT2D eigenvalue weighted by molar-refractivity contribution is -0.380. The van der Waals surface area contributed by atoms with Crippen molar-refractivity contribution in [3.05, 3.63) is 57.0 Å². The number of hydrogen-bond donors (Lipinski definition) is 1. The van der Waals surface area contributed by atoms with Crippen LogP contribution in [-0.2, 0) is 11.3 Å². The molecule has 0 aliphatic rings. The van der Waals surface area contributed by atoms with E-state index in [1.807, 2.05) is 6.07 Å². The van der Waals surface area contributed by atoms with Gasteiger partial charge in [0.2, 0.25) is 0 Å². The van der Waals surface area contributed by atoms with Gasteiger partial charge in [-0.3, -0.25) is 14.9 Å². The average Bonchev–Trinajstić information content (AvgIpc) is 3.04. The van der Waals surface area contributed by atoms with Gasteiger partial charge in [0.05, 0.1) is 9.80 Å². The van der Waals surface area contributed by atoms with Crippen molar-refractivity contribution in [2.45, 2.75) is 32.9 Å². The van der Waals surface area contributed by atoms with Gasteiger partial charge in [-0.25, -0.2) is 4.79 Å². The van der Waals surface area contributed by atoms with Crippen molar-refractivity contribution >= 4 is 34.0 Å². The van der Waals surface area contributed by atoms with E-state index in [2.05, 4.69) is 5.32 Å². The number of rotatable bonds is 5. The molecule has 1 heterocycles. The van der Waals surface area contributed by atoms with Crippen LogP contribution in [0.2, 0.25) is 0 Å². The molecule has 0 bridgehead atoms. The normalized spacial score (nSPS) is 11.0. The first-order valence-electron chi connectivity index (χ1n) is 8.14. The molecule has 0 atom stereocenters. The number of nitrogens with one attached hydrogen (secondary N) is 1. The van der Waals surface area contributed by atoms with Crippen LogP contribution >= 0.6 is 11.3 Å². The molecular formula is C18H21N3O5S. The molecule has 144 valence electrons. The van der Waals surface area contributed by atoms with Gasteiger partial charge < -0.3 is 15.0 Å². The minimum Gasteiger partial charge on any atom is -0.444 e. The smallest absolute Gasteiger partial charge is 0.410 e. The second kappa shape index (κ2) is 8.17. The minimum absolute atomic E-state index is 0.0899. The molecule has 1 aromatic carbocycles. The first-order chi connectivity index (χ1) is 12.5. The molecule has 0 aliphatic carbocycles. The highest BCUT2D eigenvalue weighted by molar-refractivity contribution is 7.17. The van der Waals surface area contributed by atoms with E-state index < -0.39 is 22.5 Å². The van der Waals surface area contributed by atoms with E-state index in [1.165, 1.54) is 17.0 Å². The molecule has 0 unspecified atom stereocenters. The summed E-state index contributed by atoms with van der Waals surface area (Å²) >= 11 is 0.812. The van der Waals surface area contributed by atoms with E-state index in [0.717, 1.165) is 16.9 Å². The monoisotopic (exact) mass is 391 g/mol. The molecule has 9 heteroatoms. The zero-order valence-corrected chi connectivity index (χ0v) is 16.3. The summed E-state index contributed by atoms with van der Waals surface area (Å²) in [6, 6.07) is 9.74. The minimum atomic E-state index is -0.579. The maximum Gasteiger partial charge on any atom is 0.410 e. The van der Waals surface area contributed by atoms with Gasteiger partial charge in [0, 0.05) is 25.3 Å². The Morgan fingerprint density at radius 1 is 1.26 bits per heavy atom. The Bertz CT molecular complexity index is 857. The molecule has 0 fully saturated rings. The summed E-state index contributed by atoms with van der Waals surface area (Å²) in [5.74, 6) is -0.425. The zero-order valence-electron chi connectivity index (χ0n) is 15.5. The zero-order chi connectivity index (χ0) is 20.2. The second-order valence-corrected chi connectivity index (χ2v) is 7.95. The molecule has 0 saturated carbocycles. The Kier molecular flexibility index (Phi) is 6.17. The summed E-state index contributed by atoms with van der Waals surface area (Å²) in [6.07, 6.45) is -0.442. The third-order valence-corrected chi connectivity index (χ3v) is 4.34. The van der Waals surface area contributed by atoms with Crippen LogP contribution in [-0.4, -0.2) is 34.5 Å². The number of hydrogen-bond acceptors (Lipinski definition) is 6. The largest absolute Gasteiger partial charge is 0.444 e. The molecule has 1 N–H and O–H groups in total. The number of carbonyl (C=O) groups is 2. The number of nitro groups is 1. The van der Waals surface area contributed by atoms with E-state index >= 15 is 0 Å². The lowest BCUT2D eigenvalue weighted by Gasteiger charge is -2.24. The van der Waals surface area contributed by atoms with Crippen LogP contribution in [0.25, 0.3) is 0 Å². The van der Waals surface area contributed by atoms with Crippen molar-refractivity contribution in [3.63, 3.8) is 0 Å². The van der Waals surface area contributed by atoms with Crippen LogP contribution in [0.15, 0.2) is 36.4 Å². The highest BCUT2D eigenvalue weighted by atomic mass is 32.1. The van der Waals surface area contributed by atoms with Crippen LogP contribution < -0.4 is 5.32 Å². The third kappa shape index (κ3) is 6.07. The van der Waals surface area contributed by atoms with E-state index in [-0.39, 0.29) is 9.88 Å². The van der Waals surface area contributed by atoms with Crippen molar-refractivity contribution in [1.82, 2.24) is 4.90 Å². The number of benzene rings is 1. The third-order valence-electron chi connectivity index (χ3n) is 3.31. The predicted molar refractivity (Wildman–Crippen MR) is 103 cm³/mol. The molecule has 2 rings (SSSR count). The number of anilines is 1. The van der Waals surface area contributed by atoms with Gasteiger partial charge in [0.15, 0.2) is 0 Å². The molecule has 0 spiro atoms. The van der Waals surface area contributed by atoms with Gasteiger partial charge in [-0.2, -0.15) is 0 Å². The lowest BCUT2D eigenvalue weighted by Crippen LogP contribution is -2.33. The highest BCUT2D eigenvalue weighted by Crippen LogP contribution is 2.25. The van der Waals surface area contributed by atoms with Gasteiger partial charge in [0.25, 0.3) is 5.91 Å². The molecule has 1 aromatic heterocycles. The van der Waals surface area contributed by atoms with Crippen LogP contribution in [0.4, 0.5) is 15.5 Å². The summed E-state index contributed by atoms with van der Waals surface area (Å²) in [5, 5.41) is 13.3. The number of ether oxygens (including phenoxy) is 1. The first-order valence-corrected chi connectivity index (χ1v) is 8.95. The number of nitrogens with zero attached hydrogens (tertiary/aromatic N) is 2. The molecule has 0 radical (unpaired) electrons. The Balaban J connectivity index is 2.03. The SMILES string of the molecule is CN(Cc1cccc(NC(=O)c2ccc([N+](=O)[O-])s2)c1)C(=O)OC(C)(C)C. The molecule has 2 aromatic rings. The molecule has 8 nitrogen and oxygen atoms in total. The van der Waals surface area contributed by atoms with E-state index in [9.17, 15) is 19.7 Å². The highest BCUT2D eigenvalue weighted by Gasteiger charge is 2.20. The number of amides is 2. The summed E-state index contributed by atoms with van der Waals surface area (Å²) in [5.41, 5.74) is 0.759. The van der Waals surface area contributed by atoms with Crippen molar-refractivity contribution in [2.24, 2.45) is 0 Å². The Labute approximate surface area is 160 Å². The van der Waals surface area contributed by atoms with E-state index in [0.29, 0.717) is 12.2 Å². The lowest BCUT2D eigenvalue weighted by atomic mass is 10.2. The predicted octanol–water partition coefficient (Wildman–Crippen LogP) is 4.28. The Morgan fingerprint density at radius 2 is 1.96 bits per heavy atom. The van der Waals surface area contributed by atoms with Gasteiger partial charge >= 0.3 is 11.1 Å². The van der Waals surface area contributed by atoms with Crippen LogP contribution in [0.5, 0.6) is 0 Å². The van der Waals surface area contributed by atoms with Gasteiger partial charge in [0.1, 0.15) is 5.60 Å². The maximum absolute atomic E-state index is 12.2. The topological polar surface area (TPSA) is 102 Å². The Hall–Kier alpha value is -2.94.